The molecule has 0 spiro atoms. The van der Waals surface area contributed by atoms with Crippen molar-refractivity contribution < 1.29 is 42.4 Å². The van der Waals surface area contributed by atoms with Crippen LogP contribution in [-0.4, -0.2) is 76.2 Å². The van der Waals surface area contributed by atoms with Crippen LogP contribution < -0.4 is 9.62 Å². The lowest BCUT2D eigenvalue weighted by atomic mass is 9.88. The highest BCUT2D eigenvalue weighted by Crippen LogP contribution is 2.31. The predicted octanol–water partition coefficient (Wildman–Crippen LogP) is 0.789. The number of amides is 1. The van der Waals surface area contributed by atoms with Crippen LogP contribution in [0.15, 0.2) is 23.6 Å². The molecule has 1 aromatic carbocycles. The first-order chi connectivity index (χ1) is 16.1. The summed E-state index contributed by atoms with van der Waals surface area (Å²) in [7, 11) is -2.48. The molecule has 0 saturated carbocycles. The number of carbonyl (C=O) groups excluding carboxylic acids is 1. The van der Waals surface area contributed by atoms with Gasteiger partial charge in [0.1, 0.15) is 29.5 Å². The highest BCUT2D eigenvalue weighted by atomic mass is 32.2. The normalized spacial score (nSPS) is 17.2. The maximum absolute atomic E-state index is 13.7. The van der Waals surface area contributed by atoms with Crippen molar-refractivity contribution in [2.45, 2.75) is 49.1 Å². The summed E-state index contributed by atoms with van der Waals surface area (Å²) < 4.78 is 51.7. The zero-order valence-corrected chi connectivity index (χ0v) is 21.5. The summed E-state index contributed by atoms with van der Waals surface area (Å²) in [6.07, 6.45) is -5.11. The number of aromatic nitrogens is 1. The van der Waals surface area contributed by atoms with E-state index in [4.69, 9.17) is 0 Å². The van der Waals surface area contributed by atoms with Gasteiger partial charge in [-0.3, -0.25) is 4.79 Å². The molecule has 196 valence electrons. The SMILES string of the molecule is CC(S)CCC(O)C(O)C(O)(NC(=O)c1csc(N(C)S(C)(=O)=O)n1)C(O)c1cc(F)cc(F)c1. The lowest BCUT2D eigenvalue weighted by Gasteiger charge is -2.39. The van der Waals surface area contributed by atoms with Gasteiger partial charge in [-0.2, -0.15) is 12.6 Å². The zero-order chi connectivity index (χ0) is 26.7. The summed E-state index contributed by atoms with van der Waals surface area (Å²) in [5.74, 6) is -3.36. The molecule has 2 rings (SSSR count). The standard InChI is InChI=1S/C20H27F2N3O7S3/c1-10(33)4-5-15(26)17(28)20(30,16(27)11-6-12(21)8-13(22)7-11)24-18(29)14-9-34-19(23-14)25(2)35(3,31)32/h6-10,15-17,26-28,30,33H,4-5H2,1-3H3,(H,24,29). The molecule has 0 aliphatic rings. The summed E-state index contributed by atoms with van der Waals surface area (Å²) in [5, 5.41) is 46.0. The summed E-state index contributed by atoms with van der Waals surface area (Å²) in [6, 6.07) is 1.88. The molecule has 0 saturated heterocycles. The molecule has 5 unspecified atom stereocenters. The fourth-order valence-corrected chi connectivity index (χ4v) is 4.74. The number of carbonyl (C=O) groups is 1. The first-order valence-corrected chi connectivity index (χ1v) is 13.4. The number of aliphatic hydroxyl groups excluding tert-OH is 3. The Morgan fingerprint density at radius 2 is 1.80 bits per heavy atom. The maximum Gasteiger partial charge on any atom is 0.273 e. The molecule has 0 bridgehead atoms. The lowest BCUT2D eigenvalue weighted by Crippen LogP contribution is -2.63. The van der Waals surface area contributed by atoms with Gasteiger partial charge in [0.05, 0.1) is 12.4 Å². The third-order valence-electron chi connectivity index (χ3n) is 5.12. The number of nitrogens with one attached hydrogen (secondary N) is 1. The van der Waals surface area contributed by atoms with Crippen molar-refractivity contribution >= 4 is 45.0 Å². The number of nitrogens with zero attached hydrogens (tertiary/aromatic N) is 2. The minimum absolute atomic E-state index is 0.0858. The molecule has 15 heteroatoms. The summed E-state index contributed by atoms with van der Waals surface area (Å²) >= 11 is 4.95. The Morgan fingerprint density at radius 3 is 2.31 bits per heavy atom. The van der Waals surface area contributed by atoms with Crippen LogP contribution in [0.3, 0.4) is 0 Å². The number of benzene rings is 1. The molecular formula is C20H27F2N3O7S3. The van der Waals surface area contributed by atoms with Gasteiger partial charge in [0.2, 0.25) is 10.0 Å². The van der Waals surface area contributed by atoms with Gasteiger partial charge in [0, 0.05) is 18.5 Å². The Kier molecular flexibility index (Phi) is 9.60. The van der Waals surface area contributed by atoms with Crippen molar-refractivity contribution in [3.05, 3.63) is 46.5 Å². The summed E-state index contributed by atoms with van der Waals surface area (Å²) in [4.78, 5) is 16.7. The van der Waals surface area contributed by atoms with Gasteiger partial charge in [0.25, 0.3) is 5.91 Å². The Bertz CT molecular complexity index is 1130. The van der Waals surface area contributed by atoms with E-state index in [0.717, 1.165) is 27.3 Å². The van der Waals surface area contributed by atoms with E-state index >= 15 is 0 Å². The fraction of sp³-hybridized carbons (Fsp3) is 0.500. The largest absolute Gasteiger partial charge is 0.390 e. The molecule has 2 aromatic rings. The molecule has 0 radical (unpaired) electrons. The second-order valence-corrected chi connectivity index (χ2v) is 11.8. The minimum Gasteiger partial charge on any atom is -0.390 e. The van der Waals surface area contributed by atoms with Gasteiger partial charge in [-0.1, -0.05) is 6.92 Å². The number of anilines is 1. The predicted molar refractivity (Wildman–Crippen MR) is 129 cm³/mol. The first-order valence-electron chi connectivity index (χ1n) is 10.2. The lowest BCUT2D eigenvalue weighted by molar-refractivity contribution is -0.191. The average molecular weight is 556 g/mol. The van der Waals surface area contributed by atoms with E-state index < -0.39 is 57.2 Å². The highest BCUT2D eigenvalue weighted by molar-refractivity contribution is 7.92. The van der Waals surface area contributed by atoms with Crippen molar-refractivity contribution in [2.75, 3.05) is 17.6 Å². The first kappa shape index (κ1) is 29.4. The fourth-order valence-electron chi connectivity index (χ4n) is 3.06. The van der Waals surface area contributed by atoms with Crippen LogP contribution in [0.1, 0.15) is 41.9 Å². The van der Waals surface area contributed by atoms with E-state index in [0.29, 0.717) is 18.2 Å². The molecule has 5 atom stereocenters. The van der Waals surface area contributed by atoms with Crippen LogP contribution in [0.25, 0.3) is 0 Å². The molecule has 1 heterocycles. The number of thiol groups is 1. The van der Waals surface area contributed by atoms with E-state index in [-0.39, 0.29) is 28.9 Å². The van der Waals surface area contributed by atoms with Crippen molar-refractivity contribution in [3.8, 4) is 0 Å². The minimum atomic E-state index is -3.69. The highest BCUT2D eigenvalue weighted by Gasteiger charge is 2.48. The zero-order valence-electron chi connectivity index (χ0n) is 19.0. The Balaban J connectivity index is 2.43. The number of aliphatic hydroxyl groups is 4. The maximum atomic E-state index is 13.7. The molecule has 1 amide bonds. The van der Waals surface area contributed by atoms with Gasteiger partial charge < -0.3 is 25.7 Å². The summed E-state index contributed by atoms with van der Waals surface area (Å²) in [6.45, 7) is 1.72. The Hall–Kier alpha value is -1.88. The van der Waals surface area contributed by atoms with Crippen LogP contribution in [-0.2, 0) is 10.0 Å². The quantitative estimate of drug-likeness (QED) is 0.175. The van der Waals surface area contributed by atoms with E-state index in [1.165, 1.54) is 7.05 Å². The number of hydrogen-bond acceptors (Lipinski definition) is 10. The third-order valence-corrected chi connectivity index (χ3v) is 7.58. The average Bonchev–Trinajstić information content (AvgIpc) is 3.24. The monoisotopic (exact) mass is 555 g/mol. The van der Waals surface area contributed by atoms with Gasteiger partial charge in [0.15, 0.2) is 10.9 Å². The van der Waals surface area contributed by atoms with E-state index in [2.05, 4.69) is 17.6 Å². The van der Waals surface area contributed by atoms with Gasteiger partial charge in [-0.25, -0.2) is 26.5 Å². The molecular weight excluding hydrogens is 528 g/mol. The van der Waals surface area contributed by atoms with Gasteiger partial charge in [-0.05, 0) is 35.8 Å². The van der Waals surface area contributed by atoms with Crippen molar-refractivity contribution in [1.29, 1.82) is 0 Å². The molecule has 5 N–H and O–H groups in total. The van der Waals surface area contributed by atoms with Crippen LogP contribution in [0.4, 0.5) is 13.9 Å². The number of halogens is 2. The topological polar surface area (TPSA) is 160 Å². The number of hydrogen-bond donors (Lipinski definition) is 6. The molecule has 10 nitrogen and oxygen atoms in total. The Morgan fingerprint density at radius 1 is 1.23 bits per heavy atom. The van der Waals surface area contributed by atoms with E-state index in [9.17, 15) is 42.4 Å². The second-order valence-electron chi connectivity index (χ2n) is 8.07. The molecule has 0 aliphatic carbocycles. The van der Waals surface area contributed by atoms with Gasteiger partial charge in [-0.15, -0.1) is 11.3 Å². The molecule has 1 aromatic heterocycles. The van der Waals surface area contributed by atoms with Crippen LogP contribution in [0, 0.1) is 11.6 Å². The molecule has 0 aliphatic heterocycles. The van der Waals surface area contributed by atoms with Crippen LogP contribution in [0.5, 0.6) is 0 Å². The van der Waals surface area contributed by atoms with Crippen molar-refractivity contribution in [3.63, 3.8) is 0 Å². The third kappa shape index (κ3) is 7.31. The van der Waals surface area contributed by atoms with Crippen molar-refractivity contribution in [1.82, 2.24) is 10.3 Å². The smallest absolute Gasteiger partial charge is 0.273 e. The summed E-state index contributed by atoms with van der Waals surface area (Å²) in [5.41, 5.74) is -3.96. The second kappa shape index (κ2) is 11.5. The van der Waals surface area contributed by atoms with E-state index in [1.807, 2.05) is 5.32 Å². The van der Waals surface area contributed by atoms with E-state index in [1.54, 1.807) is 6.92 Å². The van der Waals surface area contributed by atoms with Crippen LogP contribution >= 0.6 is 24.0 Å². The van der Waals surface area contributed by atoms with Crippen molar-refractivity contribution in [2.24, 2.45) is 0 Å². The van der Waals surface area contributed by atoms with Crippen LogP contribution in [0.2, 0.25) is 0 Å². The molecule has 0 fully saturated rings. The number of sulfonamides is 1. The number of thiazole rings is 1. The molecule has 35 heavy (non-hydrogen) atoms. The Labute approximate surface area is 210 Å². The number of rotatable bonds is 11. The van der Waals surface area contributed by atoms with Gasteiger partial charge >= 0.3 is 0 Å².